The molecule has 0 amide bonds. The highest BCUT2D eigenvalue weighted by molar-refractivity contribution is 7.27. The topological polar surface area (TPSA) is 18.5 Å². The number of rotatable bonds is 2. The van der Waals surface area contributed by atoms with Gasteiger partial charge in [-0.1, -0.05) is 24.0 Å². The van der Waals surface area contributed by atoms with Gasteiger partial charge in [0.05, 0.1) is 20.2 Å². The van der Waals surface area contributed by atoms with Gasteiger partial charge in [-0.2, -0.15) is 0 Å². The standard InChI is InChI=1S/C21H12O2S3/c1-2-5-14(4-1)7-8-15-9-10-17(25-15)21-19-18(22-11-12-23-19)20(26-21)16-6-3-13-24-16/h1-4,6,9-10,13H,11-12H2. The van der Waals surface area contributed by atoms with E-state index in [1.807, 2.05) is 18.2 Å². The third-order valence-corrected chi connectivity index (χ3v) is 7.27. The summed E-state index contributed by atoms with van der Waals surface area (Å²) in [7, 11) is 0. The van der Waals surface area contributed by atoms with Crippen molar-refractivity contribution in [2.75, 3.05) is 13.2 Å². The first-order chi connectivity index (χ1) is 12.9. The van der Waals surface area contributed by atoms with Gasteiger partial charge in [-0.15, -0.1) is 39.7 Å². The third kappa shape index (κ3) is 2.84. The van der Waals surface area contributed by atoms with Gasteiger partial charge >= 0.3 is 0 Å². The van der Waals surface area contributed by atoms with Crippen LogP contribution < -0.4 is 9.47 Å². The number of fused-ring (bicyclic) bond motifs is 1. The monoisotopic (exact) mass is 392 g/mol. The van der Waals surface area contributed by atoms with Gasteiger partial charge in [0.1, 0.15) is 13.2 Å². The number of hydrogen-bond donors (Lipinski definition) is 0. The number of allylic oxidation sites excluding steroid dienone is 3. The fourth-order valence-corrected chi connectivity index (χ4v) is 5.75. The van der Waals surface area contributed by atoms with Crippen LogP contribution in [0.4, 0.5) is 0 Å². The van der Waals surface area contributed by atoms with Crippen molar-refractivity contribution in [1.29, 1.82) is 0 Å². The van der Waals surface area contributed by atoms with E-state index < -0.39 is 0 Å². The predicted octanol–water partition coefficient (Wildman–Crippen LogP) is 5.98. The van der Waals surface area contributed by atoms with Crippen LogP contribution in [0.5, 0.6) is 11.5 Å². The summed E-state index contributed by atoms with van der Waals surface area (Å²) in [4.78, 5) is 5.69. The van der Waals surface area contributed by atoms with Gasteiger partial charge < -0.3 is 9.47 Å². The average molecular weight is 393 g/mol. The molecule has 1 aliphatic carbocycles. The van der Waals surface area contributed by atoms with E-state index in [4.69, 9.17) is 9.47 Å². The van der Waals surface area contributed by atoms with Crippen molar-refractivity contribution in [3.8, 4) is 42.8 Å². The third-order valence-electron chi connectivity index (χ3n) is 3.89. The van der Waals surface area contributed by atoms with Crippen LogP contribution in [-0.4, -0.2) is 13.2 Å². The second kappa shape index (κ2) is 6.68. The Balaban J connectivity index is 1.54. The summed E-state index contributed by atoms with van der Waals surface area (Å²) >= 11 is 5.14. The molecule has 2 aliphatic rings. The summed E-state index contributed by atoms with van der Waals surface area (Å²) in [5, 5.41) is 2.09. The highest BCUT2D eigenvalue weighted by Crippen LogP contribution is 2.55. The van der Waals surface area contributed by atoms with E-state index >= 15 is 0 Å². The van der Waals surface area contributed by atoms with E-state index in [0.29, 0.717) is 13.2 Å². The van der Waals surface area contributed by atoms with Crippen LogP contribution in [0.25, 0.3) is 19.5 Å². The largest absolute Gasteiger partial charge is 0.485 e. The molecule has 5 rings (SSSR count). The van der Waals surface area contributed by atoms with Crippen LogP contribution in [0.15, 0.2) is 59.2 Å². The van der Waals surface area contributed by atoms with Crippen molar-refractivity contribution in [1.82, 2.24) is 0 Å². The van der Waals surface area contributed by atoms with Crippen molar-refractivity contribution in [2.45, 2.75) is 0 Å². The van der Waals surface area contributed by atoms with Gasteiger partial charge in [0.2, 0.25) is 0 Å². The van der Waals surface area contributed by atoms with Gasteiger partial charge in [0.15, 0.2) is 11.5 Å². The molecular formula is C21H12O2S3. The highest BCUT2D eigenvalue weighted by Gasteiger charge is 2.27. The molecule has 0 bridgehead atoms. The normalized spacial score (nSPS) is 14.2. The van der Waals surface area contributed by atoms with Crippen molar-refractivity contribution in [3.63, 3.8) is 0 Å². The Labute approximate surface area is 163 Å². The molecule has 26 heavy (non-hydrogen) atoms. The van der Waals surface area contributed by atoms with Crippen molar-refractivity contribution in [2.24, 2.45) is 0 Å². The summed E-state index contributed by atoms with van der Waals surface area (Å²) < 4.78 is 11.9. The highest BCUT2D eigenvalue weighted by atomic mass is 32.1. The first-order valence-corrected chi connectivity index (χ1v) is 10.6. The van der Waals surface area contributed by atoms with Gasteiger partial charge in [-0.05, 0) is 35.7 Å². The maximum atomic E-state index is 5.97. The van der Waals surface area contributed by atoms with E-state index in [0.717, 1.165) is 36.6 Å². The molecule has 0 aromatic carbocycles. The van der Waals surface area contributed by atoms with E-state index in [-0.39, 0.29) is 0 Å². The minimum atomic E-state index is 0.589. The smallest absolute Gasteiger partial charge is 0.181 e. The molecule has 126 valence electrons. The van der Waals surface area contributed by atoms with Crippen LogP contribution >= 0.6 is 34.0 Å². The Hall–Kier alpha value is -2.48. The number of ether oxygens (including phenoxy) is 2. The maximum absolute atomic E-state index is 5.97. The Morgan fingerprint density at radius 1 is 0.923 bits per heavy atom. The first kappa shape index (κ1) is 15.7. The summed E-state index contributed by atoms with van der Waals surface area (Å²) in [6.45, 7) is 1.18. The molecule has 0 saturated heterocycles. The van der Waals surface area contributed by atoms with E-state index in [1.165, 1.54) is 4.88 Å². The van der Waals surface area contributed by atoms with Crippen molar-refractivity contribution < 1.29 is 9.47 Å². The van der Waals surface area contributed by atoms with Crippen LogP contribution in [0.1, 0.15) is 4.88 Å². The second-order valence-electron chi connectivity index (χ2n) is 5.59. The Bertz CT molecular complexity index is 1120. The molecule has 0 fully saturated rings. The van der Waals surface area contributed by atoms with E-state index in [9.17, 15) is 0 Å². The van der Waals surface area contributed by atoms with Crippen molar-refractivity contribution >= 4 is 34.0 Å². The lowest BCUT2D eigenvalue weighted by atomic mass is 10.2. The molecule has 0 radical (unpaired) electrons. The maximum Gasteiger partial charge on any atom is 0.181 e. The van der Waals surface area contributed by atoms with Gasteiger partial charge in [-0.3, -0.25) is 0 Å². The van der Waals surface area contributed by atoms with Crippen LogP contribution in [0, 0.1) is 11.8 Å². The Morgan fingerprint density at radius 3 is 2.50 bits per heavy atom. The zero-order chi connectivity index (χ0) is 17.3. The zero-order valence-corrected chi connectivity index (χ0v) is 16.0. The molecule has 0 spiro atoms. The average Bonchev–Trinajstić information content (AvgIpc) is 3.46. The van der Waals surface area contributed by atoms with Crippen molar-refractivity contribution in [3.05, 3.63) is 64.1 Å². The fraction of sp³-hybridized carbons (Fsp3) is 0.0952. The minimum absolute atomic E-state index is 0.589. The first-order valence-electron chi connectivity index (χ1n) is 8.10. The number of thiophene rings is 3. The number of hydrogen-bond acceptors (Lipinski definition) is 5. The molecule has 0 unspecified atom stereocenters. The molecule has 0 N–H and O–H groups in total. The lowest BCUT2D eigenvalue weighted by molar-refractivity contribution is 0.175. The van der Waals surface area contributed by atoms with Gasteiger partial charge in [-0.25, -0.2) is 0 Å². The van der Waals surface area contributed by atoms with Gasteiger partial charge in [0.25, 0.3) is 0 Å². The predicted molar refractivity (Wildman–Crippen MR) is 110 cm³/mol. The van der Waals surface area contributed by atoms with E-state index in [2.05, 4.69) is 47.2 Å². The fourth-order valence-electron chi connectivity index (χ4n) is 2.75. The molecule has 3 aromatic rings. The molecule has 2 nitrogen and oxygen atoms in total. The molecule has 3 aromatic heterocycles. The summed E-state index contributed by atoms with van der Waals surface area (Å²) in [5.74, 6) is 8.12. The van der Waals surface area contributed by atoms with Gasteiger partial charge in [0, 0.05) is 9.75 Å². The quantitative estimate of drug-likeness (QED) is 0.395. The Kier molecular flexibility index (Phi) is 4.05. The minimum Gasteiger partial charge on any atom is -0.485 e. The lowest BCUT2D eigenvalue weighted by Crippen LogP contribution is -2.14. The molecule has 0 saturated carbocycles. The zero-order valence-electron chi connectivity index (χ0n) is 13.6. The van der Waals surface area contributed by atoms with Crippen LogP contribution in [-0.2, 0) is 0 Å². The SMILES string of the molecule is C1=CC=CC=1C#Cc1ccc(-c2sc(-c3cccs3)c3c2OCCO3)s1. The van der Waals surface area contributed by atoms with Crippen LogP contribution in [0.3, 0.4) is 0 Å². The molecule has 5 heteroatoms. The molecular weight excluding hydrogens is 380 g/mol. The summed E-state index contributed by atoms with van der Waals surface area (Å²) in [6.07, 6.45) is 5.80. The molecule has 0 atom stereocenters. The summed E-state index contributed by atoms with van der Waals surface area (Å²) in [5.41, 5.74) is 4.02. The summed E-state index contributed by atoms with van der Waals surface area (Å²) in [6, 6.07) is 8.37. The Morgan fingerprint density at radius 2 is 1.77 bits per heavy atom. The van der Waals surface area contributed by atoms with E-state index in [1.54, 1.807) is 34.0 Å². The lowest BCUT2D eigenvalue weighted by Gasteiger charge is -2.16. The second-order valence-corrected chi connectivity index (χ2v) is 8.64. The molecule has 1 aliphatic heterocycles. The molecule has 4 heterocycles. The van der Waals surface area contributed by atoms with Crippen LogP contribution in [0.2, 0.25) is 0 Å².